The number of esters is 1. The maximum absolute atomic E-state index is 10.9. The Hall–Kier alpha value is -0.0757. The smallest absolute Gasteiger partial charge is 0.333 e. The molecule has 0 aliphatic heterocycles. The summed E-state index contributed by atoms with van der Waals surface area (Å²) >= 11 is 0. The Kier molecular flexibility index (Phi) is 8.13. The molecule has 0 fully saturated rings. The molecular formula is C8H14O2Ti. The fourth-order valence-electron chi connectivity index (χ4n) is 0.425. The molecule has 3 heteroatoms. The number of hydrogen-bond acceptors (Lipinski definition) is 2. The molecule has 11 heavy (non-hydrogen) atoms. The van der Waals surface area contributed by atoms with Crippen molar-refractivity contribution in [1.82, 2.24) is 0 Å². The minimum atomic E-state index is -0.225. The third kappa shape index (κ3) is 6.33. The van der Waals surface area contributed by atoms with Gasteiger partial charge in [-0.2, -0.15) is 0 Å². The fraction of sp³-hybridized carbons (Fsp3) is 0.625. The third-order valence-corrected chi connectivity index (χ3v) is 1.10. The molecule has 0 rings (SSSR count). The minimum Gasteiger partial charge on any atom is -0.460 e. The second kappa shape index (κ2) is 6.62. The van der Waals surface area contributed by atoms with Crippen LogP contribution in [0.2, 0.25) is 0 Å². The molecule has 0 radical (unpaired) electrons. The molecule has 0 aromatic rings. The zero-order valence-corrected chi connectivity index (χ0v) is 9.03. The number of ether oxygens (including phenoxy) is 1. The molecule has 0 aromatic carbocycles. The van der Waals surface area contributed by atoms with Crippen LogP contribution in [-0.2, 0) is 31.2 Å². The number of rotatable bonds is 2. The van der Waals surface area contributed by atoms with Crippen LogP contribution in [-0.4, -0.2) is 12.1 Å². The van der Waals surface area contributed by atoms with E-state index in [9.17, 15) is 4.79 Å². The first kappa shape index (κ1) is 13.5. The summed E-state index contributed by atoms with van der Waals surface area (Å²) in [6, 6.07) is 0. The average Bonchev–Trinajstić information content (AvgIpc) is 1.85. The Labute approximate surface area is 82.9 Å². The molecule has 0 spiro atoms. The van der Waals surface area contributed by atoms with Crippen LogP contribution in [0.1, 0.15) is 27.7 Å². The van der Waals surface area contributed by atoms with E-state index in [2.05, 4.69) is 0 Å². The Balaban J connectivity index is 0. The molecule has 0 saturated heterocycles. The van der Waals surface area contributed by atoms with Gasteiger partial charge in [0.1, 0.15) is 0 Å². The standard InChI is InChI=1S/C8H14O2.Ti/c1-5-7(4)8(9)10-6(2)3;/h5-6H,1-4H3;. The molecule has 2 nitrogen and oxygen atoms in total. The van der Waals surface area contributed by atoms with Crippen LogP contribution in [0.3, 0.4) is 0 Å². The largest absolute Gasteiger partial charge is 0.460 e. The van der Waals surface area contributed by atoms with E-state index in [4.69, 9.17) is 4.74 Å². The van der Waals surface area contributed by atoms with Crippen molar-refractivity contribution >= 4 is 5.97 Å². The van der Waals surface area contributed by atoms with E-state index in [0.717, 1.165) is 0 Å². The summed E-state index contributed by atoms with van der Waals surface area (Å²) in [5.74, 6) is -0.225. The predicted molar refractivity (Wildman–Crippen MR) is 40.7 cm³/mol. The third-order valence-electron chi connectivity index (χ3n) is 1.10. The average molecular weight is 190 g/mol. The van der Waals surface area contributed by atoms with E-state index in [1.54, 1.807) is 13.0 Å². The summed E-state index contributed by atoms with van der Waals surface area (Å²) in [6.45, 7) is 7.23. The second-order valence-corrected chi connectivity index (χ2v) is 2.43. The second-order valence-electron chi connectivity index (χ2n) is 2.43. The van der Waals surface area contributed by atoms with Gasteiger partial charge in [-0.15, -0.1) is 0 Å². The maximum Gasteiger partial charge on any atom is 0.333 e. The van der Waals surface area contributed by atoms with Crippen LogP contribution in [0, 0.1) is 0 Å². The van der Waals surface area contributed by atoms with Crippen molar-refractivity contribution in [2.45, 2.75) is 33.8 Å². The molecule has 0 N–H and O–H groups in total. The first-order valence-electron chi connectivity index (χ1n) is 3.41. The molecule has 0 aliphatic rings. The Morgan fingerprint density at radius 2 is 1.91 bits per heavy atom. The molecule has 0 saturated carbocycles. The van der Waals surface area contributed by atoms with Crippen LogP contribution in [0.5, 0.6) is 0 Å². The molecule has 0 atom stereocenters. The van der Waals surface area contributed by atoms with E-state index < -0.39 is 0 Å². The van der Waals surface area contributed by atoms with Crippen molar-refractivity contribution in [2.75, 3.05) is 0 Å². The van der Waals surface area contributed by atoms with E-state index in [1.165, 1.54) is 0 Å². The molecule has 62 valence electrons. The van der Waals surface area contributed by atoms with Crippen LogP contribution >= 0.6 is 0 Å². The number of allylic oxidation sites excluding steroid dienone is 1. The Morgan fingerprint density at radius 1 is 1.45 bits per heavy atom. The minimum absolute atomic E-state index is 0. The van der Waals surface area contributed by atoms with E-state index >= 15 is 0 Å². The van der Waals surface area contributed by atoms with E-state index in [-0.39, 0.29) is 33.8 Å². The summed E-state index contributed by atoms with van der Waals surface area (Å²) in [6.07, 6.45) is 1.72. The van der Waals surface area contributed by atoms with Gasteiger partial charge in [-0.25, -0.2) is 4.79 Å². The Bertz CT molecular complexity index is 150. The fourth-order valence-corrected chi connectivity index (χ4v) is 0.425. The van der Waals surface area contributed by atoms with Crippen molar-refractivity contribution in [1.29, 1.82) is 0 Å². The van der Waals surface area contributed by atoms with Crippen LogP contribution in [0.15, 0.2) is 11.6 Å². The summed E-state index contributed by atoms with van der Waals surface area (Å²) in [5, 5.41) is 0. The van der Waals surface area contributed by atoms with E-state index in [0.29, 0.717) is 5.57 Å². The predicted octanol–water partition coefficient (Wildman–Crippen LogP) is 1.90. The van der Waals surface area contributed by atoms with Gasteiger partial charge in [-0.05, 0) is 27.7 Å². The molecule has 0 heterocycles. The van der Waals surface area contributed by atoms with Crippen LogP contribution in [0.4, 0.5) is 0 Å². The quantitative estimate of drug-likeness (QED) is 0.377. The van der Waals surface area contributed by atoms with Gasteiger partial charge in [0.2, 0.25) is 0 Å². The SMILES string of the molecule is CC=C(C)C(=O)OC(C)C.[Ti]. The number of hydrogen-bond donors (Lipinski definition) is 0. The van der Waals surface area contributed by atoms with Crippen molar-refractivity contribution in [2.24, 2.45) is 0 Å². The molecule has 0 bridgehead atoms. The molecular weight excluding hydrogens is 176 g/mol. The summed E-state index contributed by atoms with van der Waals surface area (Å²) in [4.78, 5) is 10.9. The van der Waals surface area contributed by atoms with Gasteiger partial charge in [0, 0.05) is 27.3 Å². The van der Waals surface area contributed by atoms with Gasteiger partial charge in [-0.1, -0.05) is 6.08 Å². The van der Waals surface area contributed by atoms with Crippen LogP contribution in [0.25, 0.3) is 0 Å². The first-order chi connectivity index (χ1) is 4.57. The van der Waals surface area contributed by atoms with Crippen LogP contribution < -0.4 is 0 Å². The van der Waals surface area contributed by atoms with Gasteiger partial charge in [-0.3, -0.25) is 0 Å². The maximum atomic E-state index is 10.9. The number of carbonyl (C=O) groups excluding carboxylic acids is 1. The van der Waals surface area contributed by atoms with Gasteiger partial charge < -0.3 is 4.74 Å². The summed E-state index contributed by atoms with van der Waals surface area (Å²) in [7, 11) is 0. The zero-order valence-electron chi connectivity index (χ0n) is 7.47. The van der Waals surface area contributed by atoms with Gasteiger partial charge >= 0.3 is 5.97 Å². The normalized spacial score (nSPS) is 10.8. The first-order valence-corrected chi connectivity index (χ1v) is 3.41. The molecule has 0 unspecified atom stereocenters. The summed E-state index contributed by atoms with van der Waals surface area (Å²) in [5.41, 5.74) is 0.661. The number of carbonyl (C=O) groups is 1. The summed E-state index contributed by atoms with van der Waals surface area (Å²) < 4.78 is 4.90. The van der Waals surface area contributed by atoms with Crippen molar-refractivity contribution in [3.05, 3.63) is 11.6 Å². The topological polar surface area (TPSA) is 26.3 Å². The van der Waals surface area contributed by atoms with Crippen molar-refractivity contribution < 1.29 is 31.2 Å². The molecule has 0 aromatic heterocycles. The van der Waals surface area contributed by atoms with Crippen molar-refractivity contribution in [3.63, 3.8) is 0 Å². The Morgan fingerprint density at radius 3 is 2.18 bits per heavy atom. The molecule has 0 aliphatic carbocycles. The zero-order chi connectivity index (χ0) is 8.15. The monoisotopic (exact) mass is 190 g/mol. The van der Waals surface area contributed by atoms with Gasteiger partial charge in [0.25, 0.3) is 0 Å². The van der Waals surface area contributed by atoms with E-state index in [1.807, 2.05) is 20.8 Å². The van der Waals surface area contributed by atoms with Gasteiger partial charge in [0.15, 0.2) is 0 Å². The molecule has 0 amide bonds. The van der Waals surface area contributed by atoms with Crippen molar-refractivity contribution in [3.8, 4) is 0 Å². The van der Waals surface area contributed by atoms with Gasteiger partial charge in [0.05, 0.1) is 6.10 Å².